The van der Waals surface area contributed by atoms with Crippen molar-refractivity contribution in [2.24, 2.45) is 28.2 Å². The number of ether oxygens (including phenoxy) is 1. The lowest BCUT2D eigenvalue weighted by molar-refractivity contribution is -0.108. The fourth-order valence-corrected chi connectivity index (χ4v) is 7.91. The first kappa shape index (κ1) is 29.7. The molecule has 2 bridgehead atoms. The lowest BCUT2D eigenvalue weighted by Crippen LogP contribution is -2.59. The molecule has 230 valence electrons. The van der Waals surface area contributed by atoms with Crippen LogP contribution in [0.3, 0.4) is 0 Å². The second-order valence-electron chi connectivity index (χ2n) is 13.8. The van der Waals surface area contributed by atoms with Crippen molar-refractivity contribution in [2.75, 3.05) is 25.5 Å². The van der Waals surface area contributed by atoms with Crippen LogP contribution in [0.5, 0.6) is 5.75 Å². The topological polar surface area (TPSA) is 70.9 Å². The summed E-state index contributed by atoms with van der Waals surface area (Å²) < 4.78 is 21.2. The van der Waals surface area contributed by atoms with Crippen LogP contribution in [-0.2, 0) is 13.0 Å². The summed E-state index contributed by atoms with van der Waals surface area (Å²) in [6.07, 6.45) is 4.70. The summed E-state index contributed by atoms with van der Waals surface area (Å²) in [6.45, 7) is 13.9. The Morgan fingerprint density at radius 1 is 1.09 bits per heavy atom. The Morgan fingerprint density at radius 3 is 2.53 bits per heavy atom. The van der Waals surface area contributed by atoms with E-state index in [4.69, 9.17) is 9.73 Å². The van der Waals surface area contributed by atoms with Crippen LogP contribution in [0.2, 0.25) is 0 Å². The minimum absolute atomic E-state index is 0.0746. The van der Waals surface area contributed by atoms with Gasteiger partial charge in [-0.25, -0.2) is 9.38 Å². The number of fused-ring (bicyclic) bond motifs is 3. The van der Waals surface area contributed by atoms with Crippen LogP contribution in [0.25, 0.3) is 10.8 Å². The summed E-state index contributed by atoms with van der Waals surface area (Å²) in [6, 6.07) is 13.8. The maximum atomic E-state index is 14.5. The Morgan fingerprint density at radius 2 is 1.86 bits per heavy atom. The molecule has 0 radical (unpaired) electrons. The summed E-state index contributed by atoms with van der Waals surface area (Å²) in [7, 11) is 1.52. The van der Waals surface area contributed by atoms with Gasteiger partial charge in [-0.05, 0) is 97.6 Å². The fraction of sp³-hybridized carbons (Fsp3) is 0.543. The molecule has 8 heteroatoms. The number of nitrogens with one attached hydrogen (secondary N) is 2. The van der Waals surface area contributed by atoms with Crippen molar-refractivity contribution in [1.29, 1.82) is 0 Å². The van der Waals surface area contributed by atoms with Gasteiger partial charge in [-0.3, -0.25) is 4.79 Å². The number of rotatable bonds is 6. The van der Waals surface area contributed by atoms with Crippen molar-refractivity contribution >= 4 is 22.4 Å². The number of hydrogen-bond donors (Lipinski definition) is 2. The second-order valence-corrected chi connectivity index (χ2v) is 13.8. The van der Waals surface area contributed by atoms with Crippen molar-refractivity contribution in [3.05, 3.63) is 70.4 Å². The third-order valence-corrected chi connectivity index (χ3v) is 10.6. The third-order valence-electron chi connectivity index (χ3n) is 10.6. The SMILES string of the molecule is COc1ccc(CCn2ccc3cc(NC(=N[C@H]4C[C@H]5C[C@@H]([C@@H]4C)C5(C)C)N4C[C@@H](C)N[C@@H](C)C4)ccc3c2=O)c(F)c1. The largest absolute Gasteiger partial charge is 0.497 e. The molecule has 7 nitrogen and oxygen atoms in total. The van der Waals surface area contributed by atoms with Crippen molar-refractivity contribution in [3.8, 4) is 5.75 Å². The van der Waals surface area contributed by atoms with Gasteiger partial charge >= 0.3 is 0 Å². The van der Waals surface area contributed by atoms with Crippen LogP contribution in [0, 0.1) is 29.0 Å². The highest BCUT2D eigenvalue weighted by atomic mass is 19.1. The molecule has 3 aromatic rings. The number of guanidine groups is 1. The van der Waals surface area contributed by atoms with Gasteiger partial charge in [-0.1, -0.05) is 26.8 Å². The smallest absolute Gasteiger partial charge is 0.258 e. The number of halogens is 1. The molecule has 0 unspecified atom stereocenters. The molecule has 43 heavy (non-hydrogen) atoms. The maximum Gasteiger partial charge on any atom is 0.258 e. The molecule has 2 heterocycles. The summed E-state index contributed by atoms with van der Waals surface area (Å²) >= 11 is 0. The number of hydrogen-bond acceptors (Lipinski definition) is 4. The number of methoxy groups -OCH3 is 1. The molecule has 3 saturated carbocycles. The van der Waals surface area contributed by atoms with Gasteiger partial charge in [-0.15, -0.1) is 0 Å². The maximum absolute atomic E-state index is 14.5. The summed E-state index contributed by atoms with van der Waals surface area (Å²) in [4.78, 5) is 21.2. The lowest BCUT2D eigenvalue weighted by atomic mass is 9.45. The van der Waals surface area contributed by atoms with Crippen LogP contribution in [-0.4, -0.2) is 53.8 Å². The van der Waals surface area contributed by atoms with Gasteiger partial charge in [0.25, 0.3) is 5.56 Å². The van der Waals surface area contributed by atoms with Gasteiger partial charge in [0.1, 0.15) is 11.6 Å². The van der Waals surface area contributed by atoms with E-state index in [1.807, 2.05) is 30.5 Å². The zero-order chi connectivity index (χ0) is 30.5. The highest BCUT2D eigenvalue weighted by Gasteiger charge is 2.56. The minimum atomic E-state index is -0.321. The van der Waals surface area contributed by atoms with E-state index in [1.54, 1.807) is 16.7 Å². The monoisotopic (exact) mass is 587 g/mol. The number of pyridine rings is 1. The molecule has 1 aromatic heterocycles. The first-order valence-electron chi connectivity index (χ1n) is 15.8. The number of aromatic nitrogens is 1. The van der Waals surface area contributed by atoms with E-state index in [1.165, 1.54) is 19.6 Å². The van der Waals surface area contributed by atoms with Gasteiger partial charge in [0.05, 0.1) is 13.2 Å². The van der Waals surface area contributed by atoms with E-state index in [0.717, 1.165) is 48.4 Å². The normalized spacial score (nSPS) is 28.4. The van der Waals surface area contributed by atoms with Gasteiger partial charge in [0.15, 0.2) is 5.96 Å². The predicted octanol–water partition coefficient (Wildman–Crippen LogP) is 5.91. The van der Waals surface area contributed by atoms with Crippen LogP contribution in [0.1, 0.15) is 53.0 Å². The van der Waals surface area contributed by atoms with Gasteiger partial charge in [-0.2, -0.15) is 0 Å². The number of piperazine rings is 1. The van der Waals surface area contributed by atoms with Crippen molar-refractivity contribution in [2.45, 2.75) is 78.6 Å². The number of anilines is 1. The van der Waals surface area contributed by atoms with Crippen molar-refractivity contribution < 1.29 is 9.13 Å². The average molecular weight is 588 g/mol. The molecule has 2 aromatic carbocycles. The average Bonchev–Trinajstić information content (AvgIpc) is 2.97. The lowest BCUT2D eigenvalue weighted by Gasteiger charge is -2.61. The van der Waals surface area contributed by atoms with Gasteiger partial charge in [0.2, 0.25) is 0 Å². The Labute approximate surface area is 254 Å². The van der Waals surface area contributed by atoms with E-state index in [9.17, 15) is 9.18 Å². The molecule has 3 aliphatic carbocycles. The Balaban J connectivity index is 1.23. The molecule has 7 rings (SSSR count). The molecule has 1 aliphatic heterocycles. The Kier molecular flexibility index (Phi) is 8.01. The summed E-state index contributed by atoms with van der Waals surface area (Å²) in [5, 5.41) is 8.85. The molecular formula is C35H46FN5O2. The van der Waals surface area contributed by atoms with Crippen molar-refractivity contribution in [3.63, 3.8) is 0 Å². The highest BCUT2D eigenvalue weighted by Crippen LogP contribution is 2.61. The van der Waals surface area contributed by atoms with Gasteiger partial charge < -0.3 is 24.8 Å². The quantitative estimate of drug-likeness (QED) is 0.277. The zero-order valence-electron chi connectivity index (χ0n) is 26.4. The van der Waals surface area contributed by atoms with Crippen LogP contribution >= 0.6 is 0 Å². The van der Waals surface area contributed by atoms with E-state index in [-0.39, 0.29) is 11.4 Å². The minimum Gasteiger partial charge on any atom is -0.497 e. The first-order chi connectivity index (χ1) is 20.5. The third kappa shape index (κ3) is 5.78. The Hall–Kier alpha value is -3.39. The van der Waals surface area contributed by atoms with E-state index in [2.05, 4.69) is 50.2 Å². The fourth-order valence-electron chi connectivity index (χ4n) is 7.91. The van der Waals surface area contributed by atoms with Crippen molar-refractivity contribution in [1.82, 2.24) is 14.8 Å². The highest BCUT2D eigenvalue weighted by molar-refractivity contribution is 5.96. The molecule has 2 N–H and O–H groups in total. The predicted molar refractivity (Wildman–Crippen MR) is 173 cm³/mol. The molecule has 0 spiro atoms. The van der Waals surface area contributed by atoms with Crippen LogP contribution in [0.4, 0.5) is 10.1 Å². The molecule has 4 fully saturated rings. The number of benzene rings is 2. The summed E-state index contributed by atoms with van der Waals surface area (Å²) in [5.41, 5.74) is 1.83. The van der Waals surface area contributed by atoms with E-state index in [0.29, 0.717) is 59.1 Å². The molecular weight excluding hydrogens is 541 g/mol. The number of nitrogens with zero attached hydrogens (tertiary/aromatic N) is 3. The number of aryl methyl sites for hydroxylation is 2. The van der Waals surface area contributed by atoms with Crippen LogP contribution in [0.15, 0.2) is 58.4 Å². The van der Waals surface area contributed by atoms with E-state index >= 15 is 0 Å². The number of aliphatic imine (C=N–C) groups is 1. The summed E-state index contributed by atoms with van der Waals surface area (Å²) in [5.74, 6) is 3.12. The molecule has 4 aliphatic rings. The van der Waals surface area contributed by atoms with Gasteiger partial charge in [0, 0.05) is 55.1 Å². The molecule has 0 amide bonds. The standard InChI is InChI=1S/C35H46FN5O2/c1-21-19-41(20-22(2)37-21)34(39-32-17-26-16-30(23(32)3)35(26,4)5)38-27-8-10-29-25(15-27)12-14-40(33(29)42)13-11-24-7-9-28(43-6)18-31(24)36/h7-10,12,14-15,18,21-23,26,30,32,37H,11,13,16-17,19-20H2,1-6H3,(H,38,39)/t21-,22+,23-,26+,30-,32-/m0/s1. The van der Waals surface area contributed by atoms with Crippen LogP contribution < -0.4 is 20.9 Å². The first-order valence-corrected chi connectivity index (χ1v) is 15.8. The zero-order valence-corrected chi connectivity index (χ0v) is 26.4. The second kappa shape index (κ2) is 11.6. The Bertz CT molecular complexity index is 1570. The van der Waals surface area contributed by atoms with E-state index < -0.39 is 0 Å². The molecule has 1 saturated heterocycles. The molecule has 6 atom stereocenters.